The summed E-state index contributed by atoms with van der Waals surface area (Å²) >= 11 is 0. The molecule has 4 heteroatoms. The van der Waals surface area contributed by atoms with Gasteiger partial charge in [0.2, 0.25) is 5.91 Å². The van der Waals surface area contributed by atoms with Crippen LogP contribution in [0.25, 0.3) is 0 Å². The molecule has 0 aromatic heterocycles. The third-order valence-electron chi connectivity index (χ3n) is 1.76. The van der Waals surface area contributed by atoms with Crippen molar-refractivity contribution in [2.45, 2.75) is 13.8 Å². The number of ether oxygens (including phenoxy) is 1. The molecule has 15 heavy (non-hydrogen) atoms. The molecule has 0 atom stereocenters. The molecule has 0 radical (unpaired) electrons. The first kappa shape index (κ1) is 11.2. The zero-order chi connectivity index (χ0) is 11.3. The highest BCUT2D eigenvalue weighted by Gasteiger charge is 2.04. The van der Waals surface area contributed by atoms with E-state index in [4.69, 9.17) is 4.74 Å². The molecule has 4 nitrogen and oxygen atoms in total. The van der Waals surface area contributed by atoms with Gasteiger partial charge in [0, 0.05) is 18.7 Å². The maximum Gasteiger partial charge on any atom is 0.221 e. The zero-order valence-corrected chi connectivity index (χ0v) is 8.74. The van der Waals surface area contributed by atoms with Crippen molar-refractivity contribution >= 4 is 17.9 Å². The van der Waals surface area contributed by atoms with Gasteiger partial charge in [0.25, 0.3) is 0 Å². The summed E-state index contributed by atoms with van der Waals surface area (Å²) < 4.78 is 5.27. The summed E-state index contributed by atoms with van der Waals surface area (Å²) in [6.07, 6.45) is 0.725. The lowest BCUT2D eigenvalue weighted by atomic mass is 10.2. The van der Waals surface area contributed by atoms with Crippen molar-refractivity contribution in [3.63, 3.8) is 0 Å². The van der Waals surface area contributed by atoms with Crippen molar-refractivity contribution in [1.29, 1.82) is 0 Å². The van der Waals surface area contributed by atoms with E-state index in [2.05, 4.69) is 5.32 Å². The third kappa shape index (κ3) is 3.09. The molecule has 0 fully saturated rings. The first-order valence-electron chi connectivity index (χ1n) is 4.67. The lowest BCUT2D eigenvalue weighted by Crippen LogP contribution is -2.06. The Bertz CT molecular complexity index is 374. The van der Waals surface area contributed by atoms with E-state index in [1.807, 2.05) is 6.92 Å². The fourth-order valence-electron chi connectivity index (χ4n) is 1.19. The van der Waals surface area contributed by atoms with Crippen LogP contribution in [0.5, 0.6) is 5.75 Å². The molecule has 0 aliphatic heterocycles. The minimum absolute atomic E-state index is 0.156. The van der Waals surface area contributed by atoms with Crippen molar-refractivity contribution < 1.29 is 14.3 Å². The number of amides is 1. The van der Waals surface area contributed by atoms with E-state index in [0.29, 0.717) is 23.6 Å². The summed E-state index contributed by atoms with van der Waals surface area (Å²) in [7, 11) is 0. The topological polar surface area (TPSA) is 55.4 Å². The maximum atomic E-state index is 10.8. The minimum Gasteiger partial charge on any atom is -0.493 e. The van der Waals surface area contributed by atoms with Gasteiger partial charge in [-0.3, -0.25) is 9.59 Å². The lowest BCUT2D eigenvalue weighted by Gasteiger charge is -2.08. The molecular formula is C11H13NO3. The van der Waals surface area contributed by atoms with Gasteiger partial charge in [-0.25, -0.2) is 0 Å². The third-order valence-corrected chi connectivity index (χ3v) is 1.76. The Morgan fingerprint density at radius 3 is 2.80 bits per heavy atom. The Labute approximate surface area is 88.2 Å². The molecule has 0 spiro atoms. The smallest absolute Gasteiger partial charge is 0.221 e. The van der Waals surface area contributed by atoms with E-state index in [1.165, 1.54) is 6.92 Å². The fraction of sp³-hybridized carbons (Fsp3) is 0.273. The van der Waals surface area contributed by atoms with Gasteiger partial charge in [0.1, 0.15) is 5.75 Å². The Kier molecular flexibility index (Phi) is 3.85. The van der Waals surface area contributed by atoms with Gasteiger partial charge < -0.3 is 10.1 Å². The van der Waals surface area contributed by atoms with Crippen LogP contribution in [0.15, 0.2) is 18.2 Å². The van der Waals surface area contributed by atoms with Crippen LogP contribution in [0, 0.1) is 0 Å². The summed E-state index contributed by atoms with van der Waals surface area (Å²) in [4.78, 5) is 21.5. The number of aldehydes is 1. The quantitative estimate of drug-likeness (QED) is 0.766. The van der Waals surface area contributed by atoms with Crippen molar-refractivity contribution in [2.24, 2.45) is 0 Å². The van der Waals surface area contributed by atoms with E-state index in [9.17, 15) is 9.59 Å². The van der Waals surface area contributed by atoms with Crippen LogP contribution >= 0.6 is 0 Å². The van der Waals surface area contributed by atoms with Crippen molar-refractivity contribution in [1.82, 2.24) is 0 Å². The van der Waals surface area contributed by atoms with Crippen LogP contribution in [-0.2, 0) is 4.79 Å². The van der Waals surface area contributed by atoms with E-state index in [0.717, 1.165) is 6.29 Å². The molecule has 1 N–H and O–H groups in total. The number of nitrogens with one attached hydrogen (secondary N) is 1. The molecule has 0 unspecified atom stereocenters. The van der Waals surface area contributed by atoms with E-state index in [1.54, 1.807) is 18.2 Å². The van der Waals surface area contributed by atoms with Crippen LogP contribution in [0.4, 0.5) is 5.69 Å². The van der Waals surface area contributed by atoms with Gasteiger partial charge in [-0.1, -0.05) is 0 Å². The van der Waals surface area contributed by atoms with Gasteiger partial charge in [-0.2, -0.15) is 0 Å². The Balaban J connectivity index is 2.98. The molecule has 1 amide bonds. The van der Waals surface area contributed by atoms with Crippen LogP contribution < -0.4 is 10.1 Å². The van der Waals surface area contributed by atoms with E-state index in [-0.39, 0.29) is 5.91 Å². The SMILES string of the molecule is CCOc1cc(NC(C)=O)ccc1C=O. The van der Waals surface area contributed by atoms with Crippen molar-refractivity contribution in [2.75, 3.05) is 11.9 Å². The number of hydrogen-bond donors (Lipinski definition) is 1. The predicted molar refractivity (Wildman–Crippen MR) is 57.3 cm³/mol. The Hall–Kier alpha value is -1.84. The Morgan fingerprint density at radius 2 is 2.27 bits per heavy atom. The van der Waals surface area contributed by atoms with Gasteiger partial charge >= 0.3 is 0 Å². The first-order valence-corrected chi connectivity index (χ1v) is 4.67. The van der Waals surface area contributed by atoms with Crippen molar-refractivity contribution in [3.8, 4) is 5.75 Å². The van der Waals surface area contributed by atoms with Crippen molar-refractivity contribution in [3.05, 3.63) is 23.8 Å². The standard InChI is InChI=1S/C11H13NO3/c1-3-15-11-6-10(12-8(2)14)5-4-9(11)7-13/h4-7H,3H2,1-2H3,(H,12,14). The number of anilines is 1. The second kappa shape index (κ2) is 5.14. The second-order valence-electron chi connectivity index (χ2n) is 2.98. The molecule has 0 bridgehead atoms. The van der Waals surface area contributed by atoms with Gasteiger partial charge in [-0.15, -0.1) is 0 Å². The molecule has 0 saturated carbocycles. The van der Waals surface area contributed by atoms with Gasteiger partial charge in [0.05, 0.1) is 12.2 Å². The minimum atomic E-state index is -0.156. The van der Waals surface area contributed by atoms with E-state index >= 15 is 0 Å². The molecule has 1 aromatic carbocycles. The molecule has 0 aliphatic carbocycles. The maximum absolute atomic E-state index is 10.8. The molecule has 0 heterocycles. The summed E-state index contributed by atoms with van der Waals surface area (Å²) in [5.41, 5.74) is 1.10. The number of benzene rings is 1. The molecule has 1 aromatic rings. The molecular weight excluding hydrogens is 194 g/mol. The number of carbonyl (C=O) groups excluding carboxylic acids is 2. The van der Waals surface area contributed by atoms with Crippen LogP contribution in [-0.4, -0.2) is 18.8 Å². The summed E-state index contributed by atoms with van der Waals surface area (Å²) in [5, 5.41) is 2.62. The van der Waals surface area contributed by atoms with Crippen LogP contribution in [0.2, 0.25) is 0 Å². The monoisotopic (exact) mass is 207 g/mol. The fourth-order valence-corrected chi connectivity index (χ4v) is 1.19. The first-order chi connectivity index (χ1) is 7.17. The second-order valence-corrected chi connectivity index (χ2v) is 2.98. The average Bonchev–Trinajstić information content (AvgIpc) is 2.18. The summed E-state index contributed by atoms with van der Waals surface area (Å²) in [6.45, 7) is 3.73. The number of rotatable bonds is 4. The van der Waals surface area contributed by atoms with Crippen LogP contribution in [0.1, 0.15) is 24.2 Å². The van der Waals surface area contributed by atoms with Gasteiger partial charge in [0.15, 0.2) is 6.29 Å². The summed E-state index contributed by atoms with van der Waals surface area (Å²) in [5.74, 6) is 0.329. The molecule has 80 valence electrons. The predicted octanol–water partition coefficient (Wildman–Crippen LogP) is 1.86. The lowest BCUT2D eigenvalue weighted by molar-refractivity contribution is -0.114. The average molecular weight is 207 g/mol. The highest BCUT2D eigenvalue weighted by Crippen LogP contribution is 2.22. The van der Waals surface area contributed by atoms with Crippen LogP contribution in [0.3, 0.4) is 0 Å². The molecule has 0 saturated heterocycles. The highest BCUT2D eigenvalue weighted by atomic mass is 16.5. The number of hydrogen-bond acceptors (Lipinski definition) is 3. The Morgan fingerprint density at radius 1 is 1.53 bits per heavy atom. The largest absolute Gasteiger partial charge is 0.493 e. The number of carbonyl (C=O) groups is 2. The molecule has 0 aliphatic rings. The zero-order valence-electron chi connectivity index (χ0n) is 8.74. The highest BCUT2D eigenvalue weighted by molar-refractivity contribution is 5.90. The van der Waals surface area contributed by atoms with E-state index < -0.39 is 0 Å². The molecule has 1 rings (SSSR count). The summed E-state index contributed by atoms with van der Waals surface area (Å²) in [6, 6.07) is 4.91. The van der Waals surface area contributed by atoms with Gasteiger partial charge in [-0.05, 0) is 19.1 Å². The normalized spacial score (nSPS) is 9.47.